The molecule has 0 atom stereocenters. The summed E-state index contributed by atoms with van der Waals surface area (Å²) >= 11 is 0. The van der Waals surface area contributed by atoms with E-state index in [-0.39, 0.29) is 5.91 Å². The summed E-state index contributed by atoms with van der Waals surface area (Å²) in [5.41, 5.74) is 0.500. The summed E-state index contributed by atoms with van der Waals surface area (Å²) in [6.45, 7) is 3.18. The van der Waals surface area contributed by atoms with E-state index in [2.05, 4.69) is 11.9 Å². The minimum absolute atomic E-state index is 0.0408. The van der Waals surface area contributed by atoms with E-state index < -0.39 is 0 Å². The molecular formula is C15H22N2O4. The van der Waals surface area contributed by atoms with Crippen molar-refractivity contribution in [2.24, 2.45) is 0 Å². The number of methoxy groups -OCH3 is 3. The zero-order chi connectivity index (χ0) is 15.4. The van der Waals surface area contributed by atoms with Crippen molar-refractivity contribution in [3.63, 3.8) is 0 Å². The number of ether oxygens (including phenoxy) is 3. The Morgan fingerprint density at radius 1 is 0.952 bits per heavy atom. The summed E-state index contributed by atoms with van der Waals surface area (Å²) in [6, 6.07) is 3.45. The Bertz CT molecular complexity index is 511. The van der Waals surface area contributed by atoms with Crippen molar-refractivity contribution in [2.75, 3.05) is 54.6 Å². The summed E-state index contributed by atoms with van der Waals surface area (Å²) in [5, 5.41) is 0. The first-order valence-corrected chi connectivity index (χ1v) is 6.89. The van der Waals surface area contributed by atoms with E-state index in [1.54, 1.807) is 19.2 Å². The smallest absolute Gasteiger partial charge is 0.257 e. The zero-order valence-corrected chi connectivity index (χ0v) is 13.0. The van der Waals surface area contributed by atoms with Gasteiger partial charge >= 0.3 is 0 Å². The molecule has 0 aromatic heterocycles. The van der Waals surface area contributed by atoms with Gasteiger partial charge in [0.15, 0.2) is 11.5 Å². The van der Waals surface area contributed by atoms with Gasteiger partial charge in [0.2, 0.25) is 5.75 Å². The predicted molar refractivity (Wildman–Crippen MR) is 79.5 cm³/mol. The normalized spacial score (nSPS) is 15.7. The molecule has 0 unspecified atom stereocenters. The van der Waals surface area contributed by atoms with E-state index in [4.69, 9.17) is 14.2 Å². The molecule has 1 aliphatic rings. The van der Waals surface area contributed by atoms with Crippen LogP contribution in [0.5, 0.6) is 17.2 Å². The molecule has 0 bridgehead atoms. The van der Waals surface area contributed by atoms with Crippen LogP contribution >= 0.6 is 0 Å². The van der Waals surface area contributed by atoms with Crippen LogP contribution in [-0.4, -0.2) is 70.3 Å². The van der Waals surface area contributed by atoms with Crippen LogP contribution in [-0.2, 0) is 0 Å². The van der Waals surface area contributed by atoms with Gasteiger partial charge in [-0.2, -0.15) is 0 Å². The van der Waals surface area contributed by atoms with Crippen molar-refractivity contribution in [1.82, 2.24) is 9.80 Å². The lowest BCUT2D eigenvalue weighted by atomic mass is 10.1. The summed E-state index contributed by atoms with van der Waals surface area (Å²) in [5.74, 6) is 1.37. The van der Waals surface area contributed by atoms with Gasteiger partial charge < -0.3 is 24.0 Å². The van der Waals surface area contributed by atoms with Crippen LogP contribution in [0.4, 0.5) is 0 Å². The summed E-state index contributed by atoms with van der Waals surface area (Å²) in [4.78, 5) is 16.7. The van der Waals surface area contributed by atoms with Crippen LogP contribution in [0.2, 0.25) is 0 Å². The Hall–Kier alpha value is -1.95. The van der Waals surface area contributed by atoms with E-state index in [1.165, 1.54) is 14.2 Å². The second-order valence-corrected chi connectivity index (χ2v) is 4.98. The third-order valence-corrected chi connectivity index (χ3v) is 3.73. The van der Waals surface area contributed by atoms with Gasteiger partial charge in [0.1, 0.15) is 0 Å². The standard InChI is InChI=1S/C15H22N2O4/c1-16-7-9-17(10-8-16)15(18)11-5-6-12(19-2)14(21-4)13(11)20-3/h5-6H,7-10H2,1-4H3. The number of piperazine rings is 1. The SMILES string of the molecule is COc1ccc(C(=O)N2CCN(C)CC2)c(OC)c1OC. The van der Waals surface area contributed by atoms with Crippen LogP contribution in [0.15, 0.2) is 12.1 Å². The second kappa shape index (κ2) is 6.67. The number of rotatable bonds is 4. The van der Waals surface area contributed by atoms with Gasteiger partial charge in [0, 0.05) is 26.2 Å². The van der Waals surface area contributed by atoms with Crippen molar-refractivity contribution in [3.05, 3.63) is 17.7 Å². The zero-order valence-electron chi connectivity index (χ0n) is 13.0. The van der Waals surface area contributed by atoms with Crippen molar-refractivity contribution in [2.45, 2.75) is 0 Å². The monoisotopic (exact) mass is 294 g/mol. The Morgan fingerprint density at radius 2 is 1.57 bits per heavy atom. The molecule has 6 nitrogen and oxygen atoms in total. The van der Waals surface area contributed by atoms with Crippen LogP contribution < -0.4 is 14.2 Å². The number of hydrogen-bond donors (Lipinski definition) is 0. The third kappa shape index (κ3) is 3.05. The van der Waals surface area contributed by atoms with Crippen molar-refractivity contribution in [1.29, 1.82) is 0 Å². The highest BCUT2D eigenvalue weighted by molar-refractivity contribution is 5.98. The quantitative estimate of drug-likeness (QED) is 0.832. The summed E-state index contributed by atoms with van der Waals surface area (Å²) in [7, 11) is 6.67. The van der Waals surface area contributed by atoms with Crippen LogP contribution in [0.3, 0.4) is 0 Å². The molecule has 1 aromatic carbocycles. The van der Waals surface area contributed by atoms with Crippen molar-refractivity contribution >= 4 is 5.91 Å². The molecule has 0 aliphatic carbocycles. The summed E-state index contributed by atoms with van der Waals surface area (Å²) < 4.78 is 15.9. The molecule has 1 heterocycles. The highest BCUT2D eigenvalue weighted by Crippen LogP contribution is 2.40. The number of hydrogen-bond acceptors (Lipinski definition) is 5. The van der Waals surface area contributed by atoms with Crippen molar-refractivity contribution < 1.29 is 19.0 Å². The average Bonchev–Trinajstić information content (AvgIpc) is 2.53. The van der Waals surface area contributed by atoms with E-state index in [0.717, 1.165) is 13.1 Å². The maximum atomic E-state index is 12.7. The average molecular weight is 294 g/mol. The van der Waals surface area contributed by atoms with Gasteiger partial charge in [0.05, 0.1) is 26.9 Å². The number of amides is 1. The lowest BCUT2D eigenvalue weighted by Crippen LogP contribution is -2.47. The van der Waals surface area contributed by atoms with Gasteiger partial charge in [-0.1, -0.05) is 0 Å². The van der Waals surface area contributed by atoms with Gasteiger partial charge in [-0.3, -0.25) is 4.79 Å². The van der Waals surface area contributed by atoms with Gasteiger partial charge in [-0.15, -0.1) is 0 Å². The molecule has 0 saturated carbocycles. The first-order valence-electron chi connectivity index (χ1n) is 6.89. The second-order valence-electron chi connectivity index (χ2n) is 4.98. The van der Waals surface area contributed by atoms with Gasteiger partial charge in [-0.25, -0.2) is 0 Å². The molecule has 6 heteroatoms. The highest BCUT2D eigenvalue weighted by Gasteiger charge is 2.26. The Balaban J connectivity index is 2.32. The fourth-order valence-electron chi connectivity index (χ4n) is 2.45. The third-order valence-electron chi connectivity index (χ3n) is 3.73. The largest absolute Gasteiger partial charge is 0.493 e. The Kier molecular flexibility index (Phi) is 4.90. The first kappa shape index (κ1) is 15.4. The minimum Gasteiger partial charge on any atom is -0.493 e. The topological polar surface area (TPSA) is 51.2 Å². The molecule has 1 aliphatic heterocycles. The predicted octanol–water partition coefficient (Wildman–Crippen LogP) is 1.10. The van der Waals surface area contributed by atoms with E-state index in [1.807, 2.05) is 4.90 Å². The number of benzene rings is 1. The molecule has 1 amide bonds. The molecule has 0 N–H and O–H groups in total. The number of nitrogens with zero attached hydrogens (tertiary/aromatic N) is 2. The molecule has 2 rings (SSSR count). The van der Waals surface area contributed by atoms with E-state index in [0.29, 0.717) is 35.9 Å². The van der Waals surface area contributed by atoms with E-state index in [9.17, 15) is 4.79 Å². The highest BCUT2D eigenvalue weighted by atomic mass is 16.5. The van der Waals surface area contributed by atoms with Gasteiger partial charge in [-0.05, 0) is 19.2 Å². The van der Waals surface area contributed by atoms with Crippen LogP contribution in [0, 0.1) is 0 Å². The molecule has 1 fully saturated rings. The molecular weight excluding hydrogens is 272 g/mol. The fraction of sp³-hybridized carbons (Fsp3) is 0.533. The number of likely N-dealkylation sites (N-methyl/N-ethyl adjacent to an activating group) is 1. The van der Waals surface area contributed by atoms with Crippen LogP contribution in [0.1, 0.15) is 10.4 Å². The molecule has 1 saturated heterocycles. The van der Waals surface area contributed by atoms with E-state index >= 15 is 0 Å². The first-order chi connectivity index (χ1) is 10.1. The number of carbonyl (C=O) groups is 1. The maximum absolute atomic E-state index is 12.7. The summed E-state index contributed by atoms with van der Waals surface area (Å²) in [6.07, 6.45) is 0. The molecule has 116 valence electrons. The molecule has 0 radical (unpaired) electrons. The lowest BCUT2D eigenvalue weighted by molar-refractivity contribution is 0.0660. The Labute approximate surface area is 125 Å². The lowest BCUT2D eigenvalue weighted by Gasteiger charge is -2.32. The van der Waals surface area contributed by atoms with Gasteiger partial charge in [0.25, 0.3) is 5.91 Å². The Morgan fingerprint density at radius 3 is 2.10 bits per heavy atom. The fourth-order valence-corrected chi connectivity index (χ4v) is 2.45. The minimum atomic E-state index is -0.0408. The molecule has 1 aromatic rings. The molecule has 0 spiro atoms. The maximum Gasteiger partial charge on any atom is 0.257 e. The number of carbonyl (C=O) groups excluding carboxylic acids is 1. The molecule has 21 heavy (non-hydrogen) atoms. The van der Waals surface area contributed by atoms with Crippen LogP contribution in [0.25, 0.3) is 0 Å². The van der Waals surface area contributed by atoms with Crippen molar-refractivity contribution in [3.8, 4) is 17.2 Å².